The summed E-state index contributed by atoms with van der Waals surface area (Å²) >= 11 is 0. The van der Waals surface area contributed by atoms with Gasteiger partial charge in [0.15, 0.2) is 6.10 Å². The van der Waals surface area contributed by atoms with Gasteiger partial charge in [0.1, 0.15) is 5.82 Å². The van der Waals surface area contributed by atoms with Gasteiger partial charge in [0.2, 0.25) is 0 Å². The van der Waals surface area contributed by atoms with Crippen LogP contribution in [0.2, 0.25) is 0 Å². The van der Waals surface area contributed by atoms with Crippen molar-refractivity contribution < 1.29 is 14.3 Å². The molecule has 0 saturated carbocycles. The molecule has 0 fully saturated rings. The second kappa shape index (κ2) is 7.51. The van der Waals surface area contributed by atoms with Crippen LogP contribution in [0.15, 0.2) is 24.4 Å². The van der Waals surface area contributed by atoms with Crippen LogP contribution in [0.3, 0.4) is 0 Å². The molecule has 1 N–H and O–H groups in total. The van der Waals surface area contributed by atoms with Crippen LogP contribution in [0.5, 0.6) is 0 Å². The fraction of sp³-hybridized carbons (Fsp3) is 0.421. The van der Waals surface area contributed by atoms with Gasteiger partial charge in [-0.25, -0.2) is 9.48 Å². The molecule has 1 heterocycles. The fourth-order valence-electron chi connectivity index (χ4n) is 2.83. The lowest BCUT2D eigenvalue weighted by Gasteiger charge is -2.17. The first-order valence-electron chi connectivity index (χ1n) is 8.34. The molecule has 1 aromatic carbocycles. The summed E-state index contributed by atoms with van der Waals surface area (Å²) in [6, 6.07) is 5.67. The van der Waals surface area contributed by atoms with Crippen molar-refractivity contribution in [1.29, 1.82) is 0 Å². The minimum atomic E-state index is -0.914. The zero-order chi connectivity index (χ0) is 18.7. The largest absolute Gasteiger partial charge is 0.449 e. The van der Waals surface area contributed by atoms with Crippen molar-refractivity contribution in [2.24, 2.45) is 0 Å². The number of nitrogens with zero attached hydrogens (tertiary/aromatic N) is 2. The fourth-order valence-corrected chi connectivity index (χ4v) is 2.83. The molecule has 0 aliphatic rings. The maximum Gasteiger partial charge on any atom is 0.339 e. The van der Waals surface area contributed by atoms with Crippen LogP contribution in [0.4, 0.5) is 5.82 Å². The van der Waals surface area contributed by atoms with Crippen LogP contribution >= 0.6 is 0 Å². The normalized spacial score (nSPS) is 12.1. The summed E-state index contributed by atoms with van der Waals surface area (Å²) in [6.07, 6.45) is 0.703. The number of hydrogen-bond acceptors (Lipinski definition) is 4. The van der Waals surface area contributed by atoms with Crippen molar-refractivity contribution in [3.63, 3.8) is 0 Å². The Morgan fingerprint density at radius 3 is 2.28 bits per heavy atom. The predicted octanol–water partition coefficient (Wildman–Crippen LogP) is 3.57. The molecule has 2 aromatic rings. The molecular formula is C19H25N3O3. The van der Waals surface area contributed by atoms with E-state index in [-0.39, 0.29) is 6.04 Å². The highest BCUT2D eigenvalue weighted by molar-refractivity contribution is 5.98. The molecule has 1 aromatic heterocycles. The van der Waals surface area contributed by atoms with Crippen molar-refractivity contribution >= 4 is 17.7 Å². The Morgan fingerprint density at radius 2 is 1.72 bits per heavy atom. The second-order valence-electron chi connectivity index (χ2n) is 6.57. The first kappa shape index (κ1) is 18.7. The molecule has 0 spiro atoms. The summed E-state index contributed by atoms with van der Waals surface area (Å²) in [5.74, 6) is -0.307. The monoisotopic (exact) mass is 343 g/mol. The van der Waals surface area contributed by atoms with Crippen LogP contribution in [0, 0.1) is 20.8 Å². The quantitative estimate of drug-likeness (QED) is 0.842. The lowest BCUT2D eigenvalue weighted by molar-refractivity contribution is -0.123. The van der Waals surface area contributed by atoms with Crippen LogP contribution in [-0.4, -0.2) is 27.8 Å². The molecular weight excluding hydrogens is 318 g/mol. The van der Waals surface area contributed by atoms with E-state index in [1.807, 2.05) is 46.8 Å². The number of carbonyl (C=O) groups excluding carboxylic acids is 2. The minimum absolute atomic E-state index is 0.112. The Bertz CT molecular complexity index is 770. The van der Waals surface area contributed by atoms with Crippen molar-refractivity contribution in [2.75, 3.05) is 5.32 Å². The number of amides is 1. The van der Waals surface area contributed by atoms with Gasteiger partial charge in [-0.2, -0.15) is 5.10 Å². The summed E-state index contributed by atoms with van der Waals surface area (Å²) in [6.45, 7) is 11.2. The van der Waals surface area contributed by atoms with E-state index < -0.39 is 18.0 Å². The number of rotatable bonds is 5. The highest BCUT2D eigenvalue weighted by Crippen LogP contribution is 2.19. The Balaban J connectivity index is 2.09. The smallest absolute Gasteiger partial charge is 0.339 e. The molecule has 134 valence electrons. The summed E-state index contributed by atoms with van der Waals surface area (Å²) < 4.78 is 7.06. The van der Waals surface area contributed by atoms with Crippen LogP contribution in [-0.2, 0) is 9.53 Å². The Kier molecular flexibility index (Phi) is 5.62. The molecule has 0 radical (unpaired) electrons. The summed E-state index contributed by atoms with van der Waals surface area (Å²) in [4.78, 5) is 24.8. The molecule has 25 heavy (non-hydrogen) atoms. The molecule has 0 aliphatic carbocycles. The maximum absolute atomic E-state index is 12.5. The van der Waals surface area contributed by atoms with Crippen LogP contribution in [0.25, 0.3) is 0 Å². The molecule has 0 aliphatic heterocycles. The lowest BCUT2D eigenvalue weighted by Crippen LogP contribution is -2.31. The third kappa shape index (κ3) is 4.26. The highest BCUT2D eigenvalue weighted by Gasteiger charge is 2.22. The number of esters is 1. The molecule has 1 atom stereocenters. The van der Waals surface area contributed by atoms with E-state index in [1.165, 1.54) is 0 Å². The molecule has 1 unspecified atom stereocenters. The summed E-state index contributed by atoms with van der Waals surface area (Å²) in [7, 11) is 0. The highest BCUT2D eigenvalue weighted by atomic mass is 16.5. The molecule has 2 rings (SSSR count). The van der Waals surface area contributed by atoms with Gasteiger partial charge >= 0.3 is 5.97 Å². The molecule has 0 bridgehead atoms. The average molecular weight is 343 g/mol. The first-order valence-corrected chi connectivity index (χ1v) is 8.34. The van der Waals surface area contributed by atoms with Gasteiger partial charge in [0, 0.05) is 12.1 Å². The standard InChI is InChI=1S/C19H25N3O3/c1-11(2)22-16(7-8-20-22)21-18(23)15(6)25-19(24)17-13(4)9-12(3)10-14(17)5/h7-11,15H,1-6H3,(H,21,23). The van der Waals surface area contributed by atoms with E-state index in [2.05, 4.69) is 10.4 Å². The zero-order valence-corrected chi connectivity index (χ0v) is 15.6. The van der Waals surface area contributed by atoms with Gasteiger partial charge in [-0.15, -0.1) is 0 Å². The van der Waals surface area contributed by atoms with Crippen molar-refractivity contribution in [1.82, 2.24) is 9.78 Å². The summed E-state index contributed by atoms with van der Waals surface area (Å²) in [5.41, 5.74) is 3.28. The van der Waals surface area contributed by atoms with E-state index >= 15 is 0 Å². The van der Waals surface area contributed by atoms with Gasteiger partial charge in [-0.1, -0.05) is 17.7 Å². The minimum Gasteiger partial charge on any atom is -0.449 e. The van der Waals surface area contributed by atoms with Crippen molar-refractivity contribution in [3.05, 3.63) is 46.6 Å². The van der Waals surface area contributed by atoms with E-state index in [1.54, 1.807) is 23.9 Å². The van der Waals surface area contributed by atoms with Crippen LogP contribution in [0.1, 0.15) is 53.9 Å². The lowest BCUT2D eigenvalue weighted by atomic mass is 10.00. The number of aromatic nitrogens is 2. The van der Waals surface area contributed by atoms with Gasteiger partial charge in [0.25, 0.3) is 5.91 Å². The first-order chi connectivity index (χ1) is 11.7. The average Bonchev–Trinajstić information content (AvgIpc) is 2.94. The van der Waals surface area contributed by atoms with Gasteiger partial charge in [0.05, 0.1) is 11.8 Å². The number of ether oxygens (including phenoxy) is 1. The van der Waals surface area contributed by atoms with Gasteiger partial charge < -0.3 is 10.1 Å². The Morgan fingerprint density at radius 1 is 1.12 bits per heavy atom. The third-order valence-corrected chi connectivity index (χ3v) is 3.94. The molecule has 6 nitrogen and oxygen atoms in total. The number of aryl methyl sites for hydroxylation is 3. The third-order valence-electron chi connectivity index (χ3n) is 3.94. The topological polar surface area (TPSA) is 73.2 Å². The Labute approximate surface area is 148 Å². The molecule has 1 amide bonds. The van der Waals surface area contributed by atoms with Crippen molar-refractivity contribution in [3.8, 4) is 0 Å². The molecule has 0 saturated heterocycles. The van der Waals surface area contributed by atoms with Crippen LogP contribution < -0.4 is 5.32 Å². The SMILES string of the molecule is Cc1cc(C)c(C(=O)OC(C)C(=O)Nc2ccnn2C(C)C)c(C)c1. The number of carbonyl (C=O) groups is 2. The predicted molar refractivity (Wildman–Crippen MR) is 96.8 cm³/mol. The second-order valence-corrected chi connectivity index (χ2v) is 6.57. The van der Waals surface area contributed by atoms with Gasteiger partial charge in [-0.3, -0.25) is 4.79 Å². The van der Waals surface area contributed by atoms with E-state index in [0.717, 1.165) is 16.7 Å². The number of nitrogens with one attached hydrogen (secondary N) is 1. The van der Waals surface area contributed by atoms with E-state index in [4.69, 9.17) is 4.74 Å². The Hall–Kier alpha value is -2.63. The number of benzene rings is 1. The number of anilines is 1. The molecule has 6 heteroatoms. The zero-order valence-electron chi connectivity index (χ0n) is 15.6. The van der Waals surface area contributed by atoms with Gasteiger partial charge in [-0.05, 0) is 52.7 Å². The number of hydrogen-bond donors (Lipinski definition) is 1. The van der Waals surface area contributed by atoms with E-state index in [0.29, 0.717) is 11.4 Å². The summed E-state index contributed by atoms with van der Waals surface area (Å²) in [5, 5.41) is 6.91. The van der Waals surface area contributed by atoms with Crippen molar-refractivity contribution in [2.45, 2.75) is 53.7 Å². The van der Waals surface area contributed by atoms with E-state index in [9.17, 15) is 9.59 Å². The maximum atomic E-state index is 12.5.